The molecule has 0 aliphatic heterocycles. The molecule has 8 heteroatoms. The number of ether oxygens (including phenoxy) is 1. The zero-order valence-corrected chi connectivity index (χ0v) is 15.7. The van der Waals surface area contributed by atoms with Gasteiger partial charge in [-0.25, -0.2) is 9.67 Å². The summed E-state index contributed by atoms with van der Waals surface area (Å²) in [5.74, 6) is 0.513. The standard InChI is InChI=1S/C20H20F2N4O2/c1-12(2)14-4-6-15(7-5-14)24-19(27)18-23-13(3)26(25-18)16-8-10-17(11-9-16)28-20(21)22/h4-12,20H,1-3H3,(H,24,27). The summed E-state index contributed by atoms with van der Waals surface area (Å²) in [6.07, 6.45) is 0. The molecule has 3 rings (SSSR count). The molecular weight excluding hydrogens is 366 g/mol. The van der Waals surface area contributed by atoms with Gasteiger partial charge in [0.1, 0.15) is 11.6 Å². The maximum absolute atomic E-state index is 12.5. The third-order valence-corrected chi connectivity index (χ3v) is 4.11. The quantitative estimate of drug-likeness (QED) is 0.675. The van der Waals surface area contributed by atoms with E-state index in [1.807, 2.05) is 24.3 Å². The SMILES string of the molecule is Cc1nc(C(=O)Nc2ccc(C(C)C)cc2)nn1-c1ccc(OC(F)F)cc1. The number of hydrogen-bond donors (Lipinski definition) is 1. The van der Waals surface area contributed by atoms with Gasteiger partial charge >= 0.3 is 6.61 Å². The summed E-state index contributed by atoms with van der Waals surface area (Å²) in [6.45, 7) is 3.01. The topological polar surface area (TPSA) is 69.0 Å². The number of anilines is 1. The zero-order chi connectivity index (χ0) is 20.3. The lowest BCUT2D eigenvalue weighted by molar-refractivity contribution is -0.0498. The smallest absolute Gasteiger partial charge is 0.387 e. The molecule has 0 saturated heterocycles. The van der Waals surface area contributed by atoms with Crippen molar-refractivity contribution in [3.63, 3.8) is 0 Å². The second-order valence-corrected chi connectivity index (χ2v) is 6.50. The summed E-state index contributed by atoms with van der Waals surface area (Å²) in [4.78, 5) is 16.6. The third-order valence-electron chi connectivity index (χ3n) is 4.11. The minimum Gasteiger partial charge on any atom is -0.435 e. The van der Waals surface area contributed by atoms with Crippen LogP contribution in [0.25, 0.3) is 5.69 Å². The lowest BCUT2D eigenvalue weighted by atomic mass is 10.0. The largest absolute Gasteiger partial charge is 0.435 e. The van der Waals surface area contributed by atoms with Crippen LogP contribution in [-0.4, -0.2) is 27.3 Å². The van der Waals surface area contributed by atoms with Crippen molar-refractivity contribution in [2.24, 2.45) is 0 Å². The Hall–Kier alpha value is -3.29. The average molecular weight is 386 g/mol. The first kappa shape index (κ1) is 19.5. The van der Waals surface area contributed by atoms with Gasteiger partial charge < -0.3 is 10.1 Å². The highest BCUT2D eigenvalue weighted by atomic mass is 19.3. The van der Waals surface area contributed by atoms with Crippen LogP contribution in [0, 0.1) is 6.92 Å². The summed E-state index contributed by atoms with van der Waals surface area (Å²) in [6, 6.07) is 13.5. The Labute approximate surface area is 161 Å². The molecule has 0 spiro atoms. The molecule has 6 nitrogen and oxygen atoms in total. The minimum absolute atomic E-state index is 0.0124. The molecule has 146 valence electrons. The number of nitrogens with one attached hydrogen (secondary N) is 1. The van der Waals surface area contributed by atoms with Gasteiger partial charge in [-0.2, -0.15) is 8.78 Å². The lowest BCUT2D eigenvalue weighted by Gasteiger charge is -2.07. The highest BCUT2D eigenvalue weighted by Gasteiger charge is 2.16. The van der Waals surface area contributed by atoms with Crippen LogP contribution in [0.5, 0.6) is 5.75 Å². The summed E-state index contributed by atoms with van der Waals surface area (Å²) in [5.41, 5.74) is 2.40. The van der Waals surface area contributed by atoms with Gasteiger partial charge in [0.2, 0.25) is 5.82 Å². The number of aromatic nitrogens is 3. The molecule has 0 radical (unpaired) electrons. The van der Waals surface area contributed by atoms with Crippen molar-refractivity contribution in [1.29, 1.82) is 0 Å². The van der Waals surface area contributed by atoms with E-state index in [1.54, 1.807) is 19.1 Å². The normalized spacial score (nSPS) is 11.1. The molecule has 0 aliphatic rings. The molecule has 0 fully saturated rings. The van der Waals surface area contributed by atoms with Crippen LogP contribution in [0.1, 0.15) is 41.8 Å². The van der Waals surface area contributed by atoms with Crippen molar-refractivity contribution in [2.75, 3.05) is 5.32 Å². The molecule has 0 aliphatic carbocycles. The number of nitrogens with zero attached hydrogens (tertiary/aromatic N) is 3. The Morgan fingerprint density at radius 1 is 1.07 bits per heavy atom. The molecule has 1 N–H and O–H groups in total. The van der Waals surface area contributed by atoms with Crippen LogP contribution in [0.15, 0.2) is 48.5 Å². The lowest BCUT2D eigenvalue weighted by Crippen LogP contribution is -2.14. The van der Waals surface area contributed by atoms with E-state index < -0.39 is 12.5 Å². The van der Waals surface area contributed by atoms with Crippen molar-refractivity contribution in [3.8, 4) is 11.4 Å². The monoisotopic (exact) mass is 386 g/mol. The average Bonchev–Trinajstić information content (AvgIpc) is 3.04. The molecule has 0 saturated carbocycles. The summed E-state index contributed by atoms with van der Waals surface area (Å²) in [7, 11) is 0. The van der Waals surface area contributed by atoms with Gasteiger partial charge in [0.05, 0.1) is 5.69 Å². The van der Waals surface area contributed by atoms with Gasteiger partial charge in [-0.3, -0.25) is 4.79 Å². The fourth-order valence-electron chi connectivity index (χ4n) is 2.64. The van der Waals surface area contributed by atoms with Crippen LogP contribution in [-0.2, 0) is 0 Å². The van der Waals surface area contributed by atoms with E-state index in [0.29, 0.717) is 23.1 Å². The van der Waals surface area contributed by atoms with Gasteiger partial charge in [0.15, 0.2) is 0 Å². The number of carbonyl (C=O) groups is 1. The highest BCUT2D eigenvalue weighted by Crippen LogP contribution is 2.19. The number of carbonyl (C=O) groups excluding carboxylic acids is 1. The molecule has 28 heavy (non-hydrogen) atoms. The number of rotatable bonds is 6. The van der Waals surface area contributed by atoms with E-state index in [0.717, 1.165) is 0 Å². The third kappa shape index (κ3) is 4.51. The molecule has 0 atom stereocenters. The van der Waals surface area contributed by atoms with E-state index in [4.69, 9.17) is 0 Å². The Bertz CT molecular complexity index is 951. The predicted molar refractivity (Wildman–Crippen MR) is 101 cm³/mol. The summed E-state index contributed by atoms with van der Waals surface area (Å²) < 4.78 is 30.3. The van der Waals surface area contributed by atoms with Crippen molar-refractivity contribution >= 4 is 11.6 Å². The maximum atomic E-state index is 12.5. The van der Waals surface area contributed by atoms with Gasteiger partial charge in [-0.15, -0.1) is 5.10 Å². The minimum atomic E-state index is -2.89. The van der Waals surface area contributed by atoms with Crippen molar-refractivity contribution in [2.45, 2.75) is 33.3 Å². The highest BCUT2D eigenvalue weighted by molar-refractivity contribution is 6.01. The Balaban J connectivity index is 1.74. The van der Waals surface area contributed by atoms with Crippen LogP contribution in [0.4, 0.5) is 14.5 Å². The van der Waals surface area contributed by atoms with E-state index in [-0.39, 0.29) is 11.6 Å². The van der Waals surface area contributed by atoms with Crippen LogP contribution < -0.4 is 10.1 Å². The van der Waals surface area contributed by atoms with Crippen LogP contribution >= 0.6 is 0 Å². The molecule has 0 bridgehead atoms. The first-order chi connectivity index (χ1) is 13.3. The molecule has 2 aromatic carbocycles. The molecule has 3 aromatic rings. The van der Waals surface area contributed by atoms with E-state index in [9.17, 15) is 13.6 Å². The molecule has 1 heterocycles. The number of hydrogen-bond acceptors (Lipinski definition) is 4. The number of aryl methyl sites for hydroxylation is 1. The fraction of sp³-hybridized carbons (Fsp3) is 0.250. The number of amides is 1. The van der Waals surface area contributed by atoms with E-state index >= 15 is 0 Å². The van der Waals surface area contributed by atoms with Gasteiger partial charge in [0, 0.05) is 5.69 Å². The molecule has 0 unspecified atom stereocenters. The second kappa shape index (κ2) is 8.16. The Morgan fingerprint density at radius 2 is 1.71 bits per heavy atom. The second-order valence-electron chi connectivity index (χ2n) is 6.50. The van der Waals surface area contributed by atoms with Crippen LogP contribution in [0.3, 0.4) is 0 Å². The number of halogens is 2. The summed E-state index contributed by atoms with van der Waals surface area (Å²) >= 11 is 0. The first-order valence-electron chi connectivity index (χ1n) is 8.73. The number of alkyl halides is 2. The molecule has 1 aromatic heterocycles. The van der Waals surface area contributed by atoms with E-state index in [1.165, 1.54) is 22.4 Å². The van der Waals surface area contributed by atoms with E-state index in [2.05, 4.69) is 34.0 Å². The predicted octanol–water partition coefficient (Wildman–Crippen LogP) is 4.55. The zero-order valence-electron chi connectivity index (χ0n) is 15.7. The Morgan fingerprint density at radius 3 is 2.29 bits per heavy atom. The van der Waals surface area contributed by atoms with Crippen molar-refractivity contribution < 1.29 is 18.3 Å². The fourth-order valence-corrected chi connectivity index (χ4v) is 2.64. The summed E-state index contributed by atoms with van der Waals surface area (Å²) in [5, 5.41) is 6.98. The van der Waals surface area contributed by atoms with Gasteiger partial charge in [0.25, 0.3) is 5.91 Å². The molecular formula is C20H20F2N4O2. The van der Waals surface area contributed by atoms with Gasteiger partial charge in [-0.05, 0) is 54.8 Å². The molecule has 1 amide bonds. The maximum Gasteiger partial charge on any atom is 0.387 e. The number of benzene rings is 2. The van der Waals surface area contributed by atoms with Crippen molar-refractivity contribution in [3.05, 3.63) is 65.7 Å². The van der Waals surface area contributed by atoms with Crippen LogP contribution in [0.2, 0.25) is 0 Å². The Kier molecular flexibility index (Phi) is 5.67. The first-order valence-corrected chi connectivity index (χ1v) is 8.73. The van der Waals surface area contributed by atoms with Gasteiger partial charge in [-0.1, -0.05) is 26.0 Å². The van der Waals surface area contributed by atoms with Crippen molar-refractivity contribution in [1.82, 2.24) is 14.8 Å².